The van der Waals surface area contributed by atoms with E-state index in [4.69, 9.17) is 16.3 Å². The largest absolute Gasteiger partial charge is 0.485 e. The van der Waals surface area contributed by atoms with Gasteiger partial charge in [-0.2, -0.15) is 0 Å². The minimum atomic E-state index is -0.0903. The van der Waals surface area contributed by atoms with Crippen LogP contribution in [0.25, 0.3) is 0 Å². The molecule has 2 aromatic rings. The Morgan fingerprint density at radius 3 is 2.96 bits per heavy atom. The van der Waals surface area contributed by atoms with Gasteiger partial charge in [0.05, 0.1) is 17.1 Å². The van der Waals surface area contributed by atoms with Crippen molar-refractivity contribution in [2.45, 2.75) is 12.5 Å². The number of amides is 1. The molecular weight excluding hydrogens is 328 g/mol. The van der Waals surface area contributed by atoms with Crippen molar-refractivity contribution >= 4 is 23.3 Å². The van der Waals surface area contributed by atoms with Gasteiger partial charge in [-0.3, -0.25) is 9.78 Å². The summed E-state index contributed by atoms with van der Waals surface area (Å²) in [5.74, 6) is 1.41. The standard InChI is InChI=1S/C17H19ClN4O2/c1-21(2)16-15(4-3-7-20-16)24-12-6-9-22(11-12)17(23)13-5-8-19-10-14(13)18/h3-5,7-8,10,12H,6,9,11H2,1-2H3/t12-/m0/s1. The highest BCUT2D eigenvalue weighted by Gasteiger charge is 2.29. The molecule has 0 aromatic carbocycles. The smallest absolute Gasteiger partial charge is 0.255 e. The first-order valence-corrected chi connectivity index (χ1v) is 8.12. The van der Waals surface area contributed by atoms with E-state index in [0.717, 1.165) is 18.0 Å². The van der Waals surface area contributed by atoms with Crippen molar-refractivity contribution in [1.82, 2.24) is 14.9 Å². The van der Waals surface area contributed by atoms with Gasteiger partial charge < -0.3 is 14.5 Å². The normalized spacial score (nSPS) is 17.0. The first-order valence-electron chi connectivity index (χ1n) is 7.74. The second kappa shape index (κ2) is 7.05. The summed E-state index contributed by atoms with van der Waals surface area (Å²) in [5, 5.41) is 0.369. The van der Waals surface area contributed by atoms with Crippen LogP contribution in [0.1, 0.15) is 16.8 Å². The maximum Gasteiger partial charge on any atom is 0.255 e. The van der Waals surface area contributed by atoms with E-state index in [1.54, 1.807) is 23.4 Å². The van der Waals surface area contributed by atoms with Crippen molar-refractivity contribution in [3.8, 4) is 5.75 Å². The lowest BCUT2D eigenvalue weighted by atomic mass is 10.2. The second-order valence-electron chi connectivity index (χ2n) is 5.85. The van der Waals surface area contributed by atoms with Crippen LogP contribution in [0.4, 0.5) is 5.82 Å². The number of pyridine rings is 2. The van der Waals surface area contributed by atoms with E-state index in [1.165, 1.54) is 6.20 Å². The van der Waals surface area contributed by atoms with Gasteiger partial charge in [-0.15, -0.1) is 0 Å². The lowest BCUT2D eigenvalue weighted by molar-refractivity contribution is 0.0772. The molecule has 0 aliphatic carbocycles. The number of aromatic nitrogens is 2. The van der Waals surface area contributed by atoms with Gasteiger partial charge in [0.25, 0.3) is 5.91 Å². The molecule has 1 aliphatic heterocycles. The molecule has 6 nitrogen and oxygen atoms in total. The molecule has 1 fully saturated rings. The predicted octanol–water partition coefficient (Wildman–Crippen LogP) is 2.49. The molecule has 1 atom stereocenters. The van der Waals surface area contributed by atoms with Crippen LogP contribution in [-0.4, -0.2) is 54.1 Å². The third kappa shape index (κ3) is 3.43. The maximum atomic E-state index is 12.6. The highest BCUT2D eigenvalue weighted by molar-refractivity contribution is 6.33. The van der Waals surface area contributed by atoms with E-state index < -0.39 is 0 Å². The summed E-state index contributed by atoms with van der Waals surface area (Å²) in [6, 6.07) is 5.38. The van der Waals surface area contributed by atoms with Crippen molar-refractivity contribution in [3.05, 3.63) is 47.4 Å². The molecular formula is C17H19ClN4O2. The highest BCUT2D eigenvalue weighted by atomic mass is 35.5. The monoisotopic (exact) mass is 346 g/mol. The molecule has 7 heteroatoms. The van der Waals surface area contributed by atoms with Crippen molar-refractivity contribution in [2.24, 2.45) is 0 Å². The van der Waals surface area contributed by atoms with Crippen molar-refractivity contribution in [2.75, 3.05) is 32.1 Å². The molecule has 1 saturated heterocycles. The zero-order valence-electron chi connectivity index (χ0n) is 13.6. The topological polar surface area (TPSA) is 58.6 Å². The average Bonchev–Trinajstić information content (AvgIpc) is 3.03. The van der Waals surface area contributed by atoms with Crippen LogP contribution in [-0.2, 0) is 0 Å². The summed E-state index contributed by atoms with van der Waals surface area (Å²) in [6.45, 7) is 1.17. The summed E-state index contributed by atoms with van der Waals surface area (Å²) in [5.41, 5.74) is 0.475. The van der Waals surface area contributed by atoms with Gasteiger partial charge in [0.15, 0.2) is 11.6 Å². The van der Waals surface area contributed by atoms with E-state index in [1.807, 2.05) is 31.1 Å². The summed E-state index contributed by atoms with van der Waals surface area (Å²) in [6.07, 6.45) is 5.51. The van der Waals surface area contributed by atoms with Gasteiger partial charge in [-0.05, 0) is 18.2 Å². The Morgan fingerprint density at radius 2 is 2.21 bits per heavy atom. The molecule has 1 aliphatic rings. The molecule has 0 radical (unpaired) electrons. The number of rotatable bonds is 4. The number of carbonyl (C=O) groups is 1. The van der Waals surface area contributed by atoms with Crippen LogP contribution in [0.2, 0.25) is 5.02 Å². The number of hydrogen-bond acceptors (Lipinski definition) is 5. The van der Waals surface area contributed by atoms with E-state index in [9.17, 15) is 4.79 Å². The van der Waals surface area contributed by atoms with Gasteiger partial charge in [-0.1, -0.05) is 11.6 Å². The number of hydrogen-bond donors (Lipinski definition) is 0. The fourth-order valence-electron chi connectivity index (χ4n) is 2.72. The lowest BCUT2D eigenvalue weighted by Gasteiger charge is -2.20. The number of carbonyl (C=O) groups excluding carboxylic acids is 1. The first-order chi connectivity index (χ1) is 11.6. The summed E-state index contributed by atoms with van der Waals surface area (Å²) in [4.78, 5) is 24.5. The van der Waals surface area contributed by atoms with Gasteiger partial charge in [0.1, 0.15) is 6.10 Å². The minimum absolute atomic E-state index is 0.0579. The Morgan fingerprint density at radius 1 is 1.38 bits per heavy atom. The number of halogens is 1. The summed E-state index contributed by atoms with van der Waals surface area (Å²) in [7, 11) is 3.84. The third-order valence-corrected chi connectivity index (χ3v) is 4.20. The van der Waals surface area contributed by atoms with E-state index >= 15 is 0 Å². The molecule has 0 N–H and O–H groups in total. The third-order valence-electron chi connectivity index (χ3n) is 3.90. The summed E-state index contributed by atoms with van der Waals surface area (Å²) < 4.78 is 6.07. The Balaban J connectivity index is 1.68. The zero-order valence-corrected chi connectivity index (χ0v) is 14.4. The van der Waals surface area contributed by atoms with Crippen LogP contribution < -0.4 is 9.64 Å². The number of likely N-dealkylation sites (tertiary alicyclic amines) is 1. The molecule has 0 unspecified atom stereocenters. The van der Waals surface area contributed by atoms with Gasteiger partial charge >= 0.3 is 0 Å². The number of nitrogens with zero attached hydrogens (tertiary/aromatic N) is 4. The van der Waals surface area contributed by atoms with Gasteiger partial charge in [-0.25, -0.2) is 4.98 Å². The highest BCUT2D eigenvalue weighted by Crippen LogP contribution is 2.27. The van der Waals surface area contributed by atoms with E-state index in [-0.39, 0.29) is 12.0 Å². The average molecular weight is 347 g/mol. The van der Waals surface area contributed by atoms with Crippen LogP contribution in [0, 0.1) is 0 Å². The van der Waals surface area contributed by atoms with Crippen LogP contribution in [0.15, 0.2) is 36.8 Å². The van der Waals surface area contributed by atoms with Crippen LogP contribution in [0.5, 0.6) is 5.75 Å². The fraction of sp³-hybridized carbons (Fsp3) is 0.353. The van der Waals surface area contributed by atoms with Crippen molar-refractivity contribution in [1.29, 1.82) is 0 Å². The predicted molar refractivity (Wildman–Crippen MR) is 92.7 cm³/mol. The first kappa shape index (κ1) is 16.5. The Hall–Kier alpha value is -2.34. The quantitative estimate of drug-likeness (QED) is 0.851. The molecule has 0 saturated carbocycles. The fourth-order valence-corrected chi connectivity index (χ4v) is 2.92. The number of ether oxygens (including phenoxy) is 1. The molecule has 0 spiro atoms. The molecule has 3 rings (SSSR count). The maximum absolute atomic E-state index is 12.6. The molecule has 24 heavy (non-hydrogen) atoms. The number of anilines is 1. The molecule has 2 aromatic heterocycles. The van der Waals surface area contributed by atoms with Crippen molar-refractivity contribution in [3.63, 3.8) is 0 Å². The van der Waals surface area contributed by atoms with Gasteiger partial charge in [0.2, 0.25) is 0 Å². The van der Waals surface area contributed by atoms with Crippen LogP contribution in [0.3, 0.4) is 0 Å². The second-order valence-corrected chi connectivity index (χ2v) is 6.26. The molecule has 3 heterocycles. The molecule has 126 valence electrons. The Labute approximate surface area is 146 Å². The Kier molecular flexibility index (Phi) is 4.85. The van der Waals surface area contributed by atoms with Crippen LogP contribution >= 0.6 is 11.6 Å². The van der Waals surface area contributed by atoms with Crippen molar-refractivity contribution < 1.29 is 9.53 Å². The van der Waals surface area contributed by atoms with E-state index in [0.29, 0.717) is 23.7 Å². The van der Waals surface area contributed by atoms with Gasteiger partial charge in [0, 0.05) is 45.7 Å². The molecule has 0 bridgehead atoms. The Bertz CT molecular complexity index is 738. The minimum Gasteiger partial charge on any atom is -0.485 e. The molecule has 1 amide bonds. The zero-order chi connectivity index (χ0) is 17.1. The summed E-state index contributed by atoms with van der Waals surface area (Å²) >= 11 is 6.06. The van der Waals surface area contributed by atoms with E-state index in [2.05, 4.69) is 9.97 Å². The SMILES string of the molecule is CN(C)c1ncccc1O[C@H]1CCN(C(=O)c2ccncc2Cl)C1. The lowest BCUT2D eigenvalue weighted by Crippen LogP contribution is -2.31.